The molecule has 28 heavy (non-hydrogen) atoms. The minimum Gasteiger partial charge on any atom is -0.494 e. The second kappa shape index (κ2) is 8.02. The average Bonchev–Trinajstić information content (AvgIpc) is 3.38. The number of rotatable bonds is 5. The molecule has 1 unspecified atom stereocenters. The Morgan fingerprint density at radius 2 is 2.21 bits per heavy atom. The number of nitrogens with one attached hydrogen (secondary N) is 2. The number of amides is 2. The van der Waals surface area contributed by atoms with Gasteiger partial charge in [-0.2, -0.15) is 5.10 Å². The fraction of sp³-hybridized carbons (Fsp3) is 0.450. The second-order valence-corrected chi connectivity index (χ2v) is 7.17. The van der Waals surface area contributed by atoms with Gasteiger partial charge in [0.25, 0.3) is 5.91 Å². The maximum absolute atomic E-state index is 12.6. The number of ether oxygens (including phenoxy) is 1. The second-order valence-electron chi connectivity index (χ2n) is 7.17. The first-order chi connectivity index (χ1) is 13.7. The van der Waals surface area contributed by atoms with Gasteiger partial charge in [-0.05, 0) is 44.0 Å². The molecule has 2 saturated heterocycles. The molecule has 8 heteroatoms. The van der Waals surface area contributed by atoms with Crippen LogP contribution in [0.5, 0.6) is 5.75 Å². The van der Waals surface area contributed by atoms with Crippen LogP contribution in [0.3, 0.4) is 0 Å². The van der Waals surface area contributed by atoms with Crippen molar-refractivity contribution in [3.63, 3.8) is 0 Å². The number of carbonyl (C=O) groups is 2. The molecule has 2 aliphatic heterocycles. The SMILES string of the molecule is COc1cc(NC(=O)c2ccn(C3CCCNC3)n2)ccc1N1CCCC1=O. The summed E-state index contributed by atoms with van der Waals surface area (Å²) in [5.41, 5.74) is 1.71. The standard InChI is InChI=1S/C20H25N5O3/c1-28-18-12-14(6-7-17(18)24-10-3-5-19(24)26)22-20(27)16-8-11-25(23-16)15-4-2-9-21-13-15/h6-8,11-12,15,21H,2-5,9-10,13H2,1H3,(H,22,27). The van der Waals surface area contributed by atoms with Crippen molar-refractivity contribution < 1.29 is 14.3 Å². The molecule has 3 heterocycles. The van der Waals surface area contributed by atoms with Crippen LogP contribution in [0, 0.1) is 0 Å². The Hall–Kier alpha value is -2.87. The Morgan fingerprint density at radius 1 is 1.32 bits per heavy atom. The van der Waals surface area contributed by atoms with E-state index in [9.17, 15) is 9.59 Å². The first-order valence-electron chi connectivity index (χ1n) is 9.71. The smallest absolute Gasteiger partial charge is 0.276 e. The van der Waals surface area contributed by atoms with E-state index in [0.29, 0.717) is 30.1 Å². The van der Waals surface area contributed by atoms with Crippen LogP contribution in [0.15, 0.2) is 30.5 Å². The molecule has 1 aromatic heterocycles. The van der Waals surface area contributed by atoms with Crippen LogP contribution in [0.25, 0.3) is 0 Å². The summed E-state index contributed by atoms with van der Waals surface area (Å²) < 4.78 is 7.31. The van der Waals surface area contributed by atoms with Crippen molar-refractivity contribution in [1.29, 1.82) is 0 Å². The summed E-state index contributed by atoms with van der Waals surface area (Å²) in [5.74, 6) is 0.388. The molecule has 4 rings (SSSR count). The third kappa shape index (κ3) is 3.73. The number of nitrogens with zero attached hydrogens (tertiary/aromatic N) is 3. The molecular weight excluding hydrogens is 358 g/mol. The summed E-state index contributed by atoms with van der Waals surface area (Å²) in [6, 6.07) is 7.35. The molecule has 148 valence electrons. The van der Waals surface area contributed by atoms with Gasteiger partial charge in [0.15, 0.2) is 5.69 Å². The minimum absolute atomic E-state index is 0.0952. The van der Waals surface area contributed by atoms with Gasteiger partial charge >= 0.3 is 0 Å². The molecule has 0 aliphatic carbocycles. The zero-order chi connectivity index (χ0) is 19.5. The summed E-state index contributed by atoms with van der Waals surface area (Å²) in [4.78, 5) is 26.3. The van der Waals surface area contributed by atoms with Crippen LogP contribution in [0.2, 0.25) is 0 Å². The number of methoxy groups -OCH3 is 1. The van der Waals surface area contributed by atoms with Gasteiger partial charge in [0.1, 0.15) is 5.75 Å². The molecule has 2 N–H and O–H groups in total. The lowest BCUT2D eigenvalue weighted by molar-refractivity contribution is -0.117. The molecule has 0 spiro atoms. The number of anilines is 2. The van der Waals surface area contributed by atoms with Crippen molar-refractivity contribution in [2.24, 2.45) is 0 Å². The summed E-state index contributed by atoms with van der Waals surface area (Å²) in [6.45, 7) is 2.59. The predicted molar refractivity (Wildman–Crippen MR) is 106 cm³/mol. The summed E-state index contributed by atoms with van der Waals surface area (Å²) in [5, 5.41) is 10.7. The van der Waals surface area contributed by atoms with Crippen LogP contribution < -0.4 is 20.3 Å². The Bertz CT molecular complexity index is 872. The highest BCUT2D eigenvalue weighted by atomic mass is 16.5. The zero-order valence-electron chi connectivity index (χ0n) is 16.0. The third-order valence-corrected chi connectivity index (χ3v) is 5.29. The highest BCUT2D eigenvalue weighted by Gasteiger charge is 2.25. The van der Waals surface area contributed by atoms with E-state index in [1.807, 2.05) is 16.9 Å². The maximum atomic E-state index is 12.6. The number of aromatic nitrogens is 2. The van der Waals surface area contributed by atoms with Crippen molar-refractivity contribution in [3.8, 4) is 5.75 Å². The normalized spacial score (nSPS) is 19.7. The van der Waals surface area contributed by atoms with E-state index in [2.05, 4.69) is 15.7 Å². The molecule has 2 aliphatic rings. The van der Waals surface area contributed by atoms with E-state index in [-0.39, 0.29) is 17.9 Å². The van der Waals surface area contributed by atoms with Crippen molar-refractivity contribution >= 4 is 23.2 Å². The molecule has 2 amide bonds. The summed E-state index contributed by atoms with van der Waals surface area (Å²) in [6.07, 6.45) is 5.43. The van der Waals surface area contributed by atoms with Gasteiger partial charge in [0, 0.05) is 37.5 Å². The van der Waals surface area contributed by atoms with Crippen LogP contribution in [0.4, 0.5) is 11.4 Å². The van der Waals surface area contributed by atoms with Crippen LogP contribution in [-0.4, -0.2) is 48.3 Å². The lowest BCUT2D eigenvalue weighted by Gasteiger charge is -2.22. The Morgan fingerprint density at radius 3 is 2.93 bits per heavy atom. The minimum atomic E-state index is -0.269. The zero-order valence-corrected chi connectivity index (χ0v) is 16.0. The molecular formula is C20H25N5O3. The molecule has 2 fully saturated rings. The average molecular weight is 383 g/mol. The lowest BCUT2D eigenvalue weighted by Crippen LogP contribution is -2.32. The number of carbonyl (C=O) groups excluding carboxylic acids is 2. The number of hydrogen-bond donors (Lipinski definition) is 2. The quantitative estimate of drug-likeness (QED) is 0.826. The van der Waals surface area contributed by atoms with Gasteiger partial charge in [0.05, 0.1) is 18.8 Å². The molecule has 2 aromatic rings. The van der Waals surface area contributed by atoms with E-state index >= 15 is 0 Å². The van der Waals surface area contributed by atoms with Gasteiger partial charge < -0.3 is 20.3 Å². The topological polar surface area (TPSA) is 88.5 Å². The van der Waals surface area contributed by atoms with E-state index in [0.717, 1.165) is 38.0 Å². The Labute approximate surface area is 163 Å². The highest BCUT2D eigenvalue weighted by molar-refractivity contribution is 6.03. The third-order valence-electron chi connectivity index (χ3n) is 5.29. The molecule has 1 aromatic carbocycles. The molecule has 0 radical (unpaired) electrons. The van der Waals surface area contributed by atoms with Gasteiger partial charge in [-0.25, -0.2) is 0 Å². The lowest BCUT2D eigenvalue weighted by atomic mass is 10.1. The van der Waals surface area contributed by atoms with Crippen LogP contribution in [-0.2, 0) is 4.79 Å². The molecule has 8 nitrogen and oxygen atoms in total. The Kier molecular flexibility index (Phi) is 5.29. The fourth-order valence-corrected chi connectivity index (χ4v) is 3.80. The first kappa shape index (κ1) is 18.5. The summed E-state index contributed by atoms with van der Waals surface area (Å²) >= 11 is 0. The summed E-state index contributed by atoms with van der Waals surface area (Å²) in [7, 11) is 1.56. The fourth-order valence-electron chi connectivity index (χ4n) is 3.80. The van der Waals surface area contributed by atoms with Gasteiger partial charge in [-0.3, -0.25) is 14.3 Å². The van der Waals surface area contributed by atoms with Crippen LogP contribution in [0.1, 0.15) is 42.2 Å². The molecule has 0 saturated carbocycles. The maximum Gasteiger partial charge on any atom is 0.276 e. The first-order valence-corrected chi connectivity index (χ1v) is 9.71. The largest absolute Gasteiger partial charge is 0.494 e. The van der Waals surface area contributed by atoms with E-state index in [1.165, 1.54) is 0 Å². The van der Waals surface area contributed by atoms with Gasteiger partial charge in [0.2, 0.25) is 5.91 Å². The predicted octanol–water partition coefficient (Wildman–Crippen LogP) is 2.20. The van der Waals surface area contributed by atoms with Crippen molar-refractivity contribution in [2.75, 3.05) is 37.0 Å². The van der Waals surface area contributed by atoms with Crippen molar-refractivity contribution in [1.82, 2.24) is 15.1 Å². The highest BCUT2D eigenvalue weighted by Crippen LogP contribution is 2.34. The van der Waals surface area contributed by atoms with Crippen LogP contribution >= 0.6 is 0 Å². The number of piperidine rings is 1. The van der Waals surface area contributed by atoms with E-state index in [1.54, 1.807) is 30.2 Å². The van der Waals surface area contributed by atoms with Crippen molar-refractivity contribution in [2.45, 2.75) is 31.7 Å². The number of hydrogen-bond acceptors (Lipinski definition) is 5. The monoisotopic (exact) mass is 383 g/mol. The van der Waals surface area contributed by atoms with E-state index < -0.39 is 0 Å². The van der Waals surface area contributed by atoms with Gasteiger partial charge in [-0.1, -0.05) is 0 Å². The molecule has 1 atom stereocenters. The van der Waals surface area contributed by atoms with Crippen molar-refractivity contribution in [3.05, 3.63) is 36.2 Å². The molecule has 0 bridgehead atoms. The Balaban J connectivity index is 1.47. The number of benzene rings is 1. The van der Waals surface area contributed by atoms with E-state index in [4.69, 9.17) is 4.74 Å². The van der Waals surface area contributed by atoms with Gasteiger partial charge in [-0.15, -0.1) is 0 Å².